The zero-order valence-corrected chi connectivity index (χ0v) is 20.3. The van der Waals surface area contributed by atoms with Crippen molar-refractivity contribution in [3.63, 3.8) is 0 Å². The fraction of sp³-hybridized carbons (Fsp3) is 0.360. The monoisotopic (exact) mass is 485 g/mol. The number of aryl methyl sites for hydroxylation is 1. The third-order valence-electron chi connectivity index (χ3n) is 5.66. The number of nitrogens with zero attached hydrogens (tertiary/aromatic N) is 2. The molecule has 2 aromatic carbocycles. The number of carbonyl (C=O) groups excluding carboxylic acids is 1. The summed E-state index contributed by atoms with van der Waals surface area (Å²) in [5.41, 5.74) is 1.48. The lowest BCUT2D eigenvalue weighted by atomic mass is 10.1. The van der Waals surface area contributed by atoms with Crippen molar-refractivity contribution in [3.8, 4) is 5.75 Å². The molecular weight excluding hydrogens is 457 g/mol. The number of aromatic nitrogens is 1. The molecule has 9 heteroatoms. The van der Waals surface area contributed by atoms with E-state index in [9.17, 15) is 17.6 Å². The summed E-state index contributed by atoms with van der Waals surface area (Å²) in [6.07, 6.45) is 2.48. The SMILES string of the molecule is Cc1cc(C(=O)Nc2cc(S(=O)(=O)N3CCCCC3)ccc2OC(C)C)c2ccc(F)cc2n1. The second-order valence-electron chi connectivity index (χ2n) is 8.72. The maximum atomic E-state index is 13.7. The van der Waals surface area contributed by atoms with E-state index in [1.165, 1.54) is 34.6 Å². The van der Waals surface area contributed by atoms with Crippen LogP contribution in [0.25, 0.3) is 10.9 Å². The number of carbonyl (C=O) groups is 1. The van der Waals surface area contributed by atoms with Crippen LogP contribution in [-0.4, -0.2) is 42.8 Å². The van der Waals surface area contributed by atoms with Gasteiger partial charge >= 0.3 is 0 Å². The maximum absolute atomic E-state index is 13.7. The Morgan fingerprint density at radius 1 is 1.09 bits per heavy atom. The standard InChI is InChI=1S/C25H28FN3O4S/c1-16(2)33-24-10-8-19(34(31,32)29-11-5-4-6-12-29)15-23(24)28-25(30)21-13-17(3)27-22-14-18(26)7-9-20(21)22/h7-10,13-16H,4-6,11-12H2,1-3H3,(H,28,30). The van der Waals surface area contributed by atoms with Crippen LogP contribution in [0.5, 0.6) is 5.75 Å². The highest BCUT2D eigenvalue weighted by Gasteiger charge is 2.27. The van der Waals surface area contributed by atoms with Crippen LogP contribution in [0.4, 0.5) is 10.1 Å². The summed E-state index contributed by atoms with van der Waals surface area (Å²) >= 11 is 0. The number of sulfonamides is 1. The quantitative estimate of drug-likeness (QED) is 0.537. The first-order valence-corrected chi connectivity index (χ1v) is 12.8. The lowest BCUT2D eigenvalue weighted by molar-refractivity contribution is 0.102. The molecule has 180 valence electrons. The summed E-state index contributed by atoms with van der Waals surface area (Å²) in [5, 5.41) is 3.31. The van der Waals surface area contributed by atoms with E-state index >= 15 is 0 Å². The molecule has 0 aliphatic carbocycles. The Labute approximate surface area is 199 Å². The van der Waals surface area contributed by atoms with E-state index in [4.69, 9.17) is 4.74 Å². The molecule has 1 aliphatic rings. The van der Waals surface area contributed by atoms with Gasteiger partial charge in [-0.2, -0.15) is 4.31 Å². The molecule has 1 amide bonds. The smallest absolute Gasteiger partial charge is 0.256 e. The van der Waals surface area contributed by atoms with Gasteiger partial charge < -0.3 is 10.1 Å². The van der Waals surface area contributed by atoms with E-state index in [1.807, 2.05) is 13.8 Å². The highest BCUT2D eigenvalue weighted by atomic mass is 32.2. The third-order valence-corrected chi connectivity index (χ3v) is 7.55. The summed E-state index contributed by atoms with van der Waals surface area (Å²) in [4.78, 5) is 17.7. The first-order valence-electron chi connectivity index (χ1n) is 11.3. The number of amides is 1. The topological polar surface area (TPSA) is 88.6 Å². The number of hydrogen-bond donors (Lipinski definition) is 1. The molecule has 0 radical (unpaired) electrons. The Balaban J connectivity index is 1.73. The number of rotatable bonds is 6. The molecule has 1 aromatic heterocycles. The summed E-state index contributed by atoms with van der Waals surface area (Å²) in [5.74, 6) is -0.550. The summed E-state index contributed by atoms with van der Waals surface area (Å²) in [6, 6.07) is 10.2. The lowest BCUT2D eigenvalue weighted by Gasteiger charge is -2.26. The van der Waals surface area contributed by atoms with Crippen molar-refractivity contribution in [2.75, 3.05) is 18.4 Å². The fourth-order valence-corrected chi connectivity index (χ4v) is 5.63. The van der Waals surface area contributed by atoms with Crippen LogP contribution in [-0.2, 0) is 10.0 Å². The van der Waals surface area contributed by atoms with Gasteiger partial charge in [-0.1, -0.05) is 6.42 Å². The van der Waals surface area contributed by atoms with E-state index in [2.05, 4.69) is 10.3 Å². The molecule has 7 nitrogen and oxygen atoms in total. The lowest BCUT2D eigenvalue weighted by Crippen LogP contribution is -2.35. The number of ether oxygens (including phenoxy) is 1. The minimum Gasteiger partial charge on any atom is -0.489 e. The predicted octanol–water partition coefficient (Wildman–Crippen LogP) is 4.90. The Morgan fingerprint density at radius 3 is 2.53 bits per heavy atom. The average molecular weight is 486 g/mol. The molecule has 1 fully saturated rings. The highest BCUT2D eigenvalue weighted by molar-refractivity contribution is 7.89. The molecular formula is C25H28FN3O4S. The third kappa shape index (κ3) is 5.05. The zero-order valence-electron chi connectivity index (χ0n) is 19.5. The molecule has 0 atom stereocenters. The number of pyridine rings is 1. The number of anilines is 1. The van der Waals surface area contributed by atoms with Crippen molar-refractivity contribution in [2.45, 2.75) is 51.0 Å². The molecule has 34 heavy (non-hydrogen) atoms. The van der Waals surface area contributed by atoms with Crippen LogP contribution in [0.15, 0.2) is 47.4 Å². The van der Waals surface area contributed by atoms with Crippen molar-refractivity contribution >= 4 is 32.5 Å². The van der Waals surface area contributed by atoms with Crippen LogP contribution < -0.4 is 10.1 Å². The molecule has 0 saturated carbocycles. The van der Waals surface area contributed by atoms with Crippen LogP contribution in [0.2, 0.25) is 0 Å². The molecule has 3 aromatic rings. The van der Waals surface area contributed by atoms with Gasteiger partial charge in [0.2, 0.25) is 10.0 Å². The first-order chi connectivity index (χ1) is 16.1. The van der Waals surface area contributed by atoms with Gasteiger partial charge in [0.15, 0.2) is 0 Å². The molecule has 1 aliphatic heterocycles. The van der Waals surface area contributed by atoms with Crippen molar-refractivity contribution in [1.29, 1.82) is 0 Å². The van der Waals surface area contributed by atoms with Gasteiger partial charge in [0.1, 0.15) is 11.6 Å². The number of hydrogen-bond acceptors (Lipinski definition) is 5. The molecule has 2 heterocycles. The van der Waals surface area contributed by atoms with Gasteiger partial charge in [-0.05, 0) is 70.0 Å². The fourth-order valence-electron chi connectivity index (χ4n) is 4.09. The van der Waals surface area contributed by atoms with Crippen LogP contribution in [0, 0.1) is 12.7 Å². The van der Waals surface area contributed by atoms with E-state index in [-0.39, 0.29) is 16.7 Å². The molecule has 1 saturated heterocycles. The molecule has 4 rings (SSSR count). The Morgan fingerprint density at radius 2 is 1.82 bits per heavy atom. The Bertz CT molecular complexity index is 1330. The number of piperidine rings is 1. The summed E-state index contributed by atoms with van der Waals surface area (Å²) in [6.45, 7) is 6.37. The molecule has 1 N–H and O–H groups in total. The van der Waals surface area contributed by atoms with E-state index < -0.39 is 21.7 Å². The predicted molar refractivity (Wildman–Crippen MR) is 129 cm³/mol. The zero-order chi connectivity index (χ0) is 24.5. The van der Waals surface area contributed by atoms with Gasteiger partial charge in [0.05, 0.1) is 27.8 Å². The largest absolute Gasteiger partial charge is 0.489 e. The van der Waals surface area contributed by atoms with E-state index in [0.717, 1.165) is 19.3 Å². The number of halogens is 1. The van der Waals surface area contributed by atoms with Crippen LogP contribution in [0.1, 0.15) is 49.2 Å². The number of nitrogens with one attached hydrogen (secondary N) is 1. The van der Waals surface area contributed by atoms with Crippen LogP contribution >= 0.6 is 0 Å². The minimum atomic E-state index is -3.70. The van der Waals surface area contributed by atoms with Gasteiger partial charge in [0, 0.05) is 30.2 Å². The number of fused-ring (bicyclic) bond motifs is 1. The highest BCUT2D eigenvalue weighted by Crippen LogP contribution is 2.32. The van der Waals surface area contributed by atoms with Gasteiger partial charge in [-0.3, -0.25) is 9.78 Å². The maximum Gasteiger partial charge on any atom is 0.256 e. The van der Waals surface area contributed by atoms with Crippen molar-refractivity contribution in [2.24, 2.45) is 0 Å². The van der Waals surface area contributed by atoms with E-state index in [1.54, 1.807) is 19.1 Å². The minimum absolute atomic E-state index is 0.0960. The normalized spacial score (nSPS) is 15.0. The first kappa shape index (κ1) is 24.1. The van der Waals surface area contributed by atoms with E-state index in [0.29, 0.717) is 41.0 Å². The average Bonchev–Trinajstić information content (AvgIpc) is 2.79. The van der Waals surface area contributed by atoms with Crippen molar-refractivity contribution in [1.82, 2.24) is 9.29 Å². The Kier molecular flexibility index (Phi) is 6.86. The van der Waals surface area contributed by atoms with Crippen molar-refractivity contribution < 1.29 is 22.3 Å². The van der Waals surface area contributed by atoms with Gasteiger partial charge in [-0.25, -0.2) is 12.8 Å². The molecule has 0 bridgehead atoms. The number of benzene rings is 2. The van der Waals surface area contributed by atoms with Gasteiger partial charge in [0.25, 0.3) is 5.91 Å². The van der Waals surface area contributed by atoms with Crippen LogP contribution in [0.3, 0.4) is 0 Å². The second-order valence-corrected chi connectivity index (χ2v) is 10.7. The van der Waals surface area contributed by atoms with Crippen molar-refractivity contribution in [3.05, 3.63) is 59.5 Å². The summed E-state index contributed by atoms with van der Waals surface area (Å²) < 4.78 is 47.4. The Hall–Kier alpha value is -3.04. The molecule has 0 spiro atoms. The summed E-state index contributed by atoms with van der Waals surface area (Å²) in [7, 11) is -3.70. The molecule has 0 unspecified atom stereocenters. The van der Waals surface area contributed by atoms with Gasteiger partial charge in [-0.15, -0.1) is 0 Å². The second kappa shape index (κ2) is 9.68.